The van der Waals surface area contributed by atoms with Gasteiger partial charge in [-0.1, -0.05) is 269 Å². The van der Waals surface area contributed by atoms with Gasteiger partial charge >= 0.3 is 5.97 Å². The average molecular weight is 901 g/mol. The fourth-order valence-electron chi connectivity index (χ4n) is 8.73. The third-order valence-corrected chi connectivity index (χ3v) is 13.0. The molecular weight excluding hydrogens is 791 g/mol. The summed E-state index contributed by atoms with van der Waals surface area (Å²) in [7, 11) is 0. The van der Waals surface area contributed by atoms with Crippen molar-refractivity contribution in [1.82, 2.24) is 5.32 Å². The molecule has 6 heteroatoms. The molecule has 0 radical (unpaired) electrons. The number of carbonyl (C=O) groups excluding carboxylic acids is 2. The summed E-state index contributed by atoms with van der Waals surface area (Å²) in [6.07, 6.45) is 62.1. The molecule has 3 unspecified atom stereocenters. The van der Waals surface area contributed by atoms with Gasteiger partial charge < -0.3 is 20.3 Å². The van der Waals surface area contributed by atoms with Crippen LogP contribution < -0.4 is 5.32 Å². The van der Waals surface area contributed by atoms with Gasteiger partial charge in [0.2, 0.25) is 5.91 Å². The van der Waals surface area contributed by atoms with E-state index in [1.165, 1.54) is 180 Å². The molecule has 0 aliphatic rings. The predicted octanol–water partition coefficient (Wildman–Crippen LogP) is 17.2. The summed E-state index contributed by atoms with van der Waals surface area (Å²) in [6, 6.07) is -0.709. The number of hydrogen-bond acceptors (Lipinski definition) is 5. The smallest absolute Gasteiger partial charge is 0.306 e. The van der Waals surface area contributed by atoms with Crippen LogP contribution in [0.3, 0.4) is 0 Å². The van der Waals surface area contributed by atoms with E-state index < -0.39 is 18.2 Å². The number of ether oxygens (including phenoxy) is 1. The lowest BCUT2D eigenvalue weighted by Gasteiger charge is -2.24. The Morgan fingerprint density at radius 3 is 1.20 bits per heavy atom. The maximum atomic E-state index is 13.2. The number of unbranched alkanes of at least 4 members (excludes halogenated alkanes) is 35. The van der Waals surface area contributed by atoms with E-state index in [1.807, 2.05) is 0 Å². The van der Waals surface area contributed by atoms with Gasteiger partial charge in [-0.25, -0.2) is 0 Å². The molecule has 0 bridgehead atoms. The number of amides is 1. The molecule has 0 heterocycles. The fourth-order valence-corrected chi connectivity index (χ4v) is 8.73. The van der Waals surface area contributed by atoms with Crippen molar-refractivity contribution in [3.63, 3.8) is 0 Å². The summed E-state index contributed by atoms with van der Waals surface area (Å²) in [6.45, 7) is 6.47. The average Bonchev–Trinajstić information content (AvgIpc) is 3.29. The van der Waals surface area contributed by atoms with Gasteiger partial charge in [0.05, 0.1) is 25.2 Å². The van der Waals surface area contributed by atoms with E-state index in [4.69, 9.17) is 4.74 Å². The zero-order valence-corrected chi connectivity index (χ0v) is 42.9. The Morgan fingerprint density at radius 2 is 0.797 bits per heavy atom. The molecule has 1 amide bonds. The first-order chi connectivity index (χ1) is 31.5. The van der Waals surface area contributed by atoms with Crippen molar-refractivity contribution in [3.8, 4) is 0 Å². The number of hydrogen-bond donors (Lipinski definition) is 3. The summed E-state index contributed by atoms with van der Waals surface area (Å²) in [5.41, 5.74) is 0. The number of carbonyl (C=O) groups is 2. The Kier molecular flexibility index (Phi) is 50.5. The molecule has 0 spiro atoms. The molecule has 3 N–H and O–H groups in total. The highest BCUT2D eigenvalue weighted by molar-refractivity contribution is 5.77. The predicted molar refractivity (Wildman–Crippen MR) is 278 cm³/mol. The number of nitrogens with one attached hydrogen (secondary N) is 1. The summed E-state index contributed by atoms with van der Waals surface area (Å²) in [5, 5.41) is 23.8. The summed E-state index contributed by atoms with van der Waals surface area (Å²) in [5.74, 6) is -0.493. The van der Waals surface area contributed by atoms with Gasteiger partial charge in [-0.15, -0.1) is 0 Å². The van der Waals surface area contributed by atoms with Crippen LogP contribution in [0.1, 0.15) is 297 Å². The van der Waals surface area contributed by atoms with Gasteiger partial charge in [0.15, 0.2) is 0 Å². The van der Waals surface area contributed by atoms with Crippen LogP contribution in [0.4, 0.5) is 0 Å². The largest absolute Gasteiger partial charge is 0.462 e. The van der Waals surface area contributed by atoms with Crippen molar-refractivity contribution in [1.29, 1.82) is 0 Å². The molecule has 0 rings (SSSR count). The van der Waals surface area contributed by atoms with Crippen LogP contribution in [-0.2, 0) is 14.3 Å². The highest BCUT2D eigenvalue weighted by Crippen LogP contribution is 2.18. The van der Waals surface area contributed by atoms with Crippen LogP contribution in [-0.4, -0.2) is 46.9 Å². The molecule has 0 fully saturated rings. The first kappa shape index (κ1) is 62.1. The Morgan fingerprint density at radius 1 is 0.453 bits per heavy atom. The van der Waals surface area contributed by atoms with E-state index in [2.05, 4.69) is 62.5 Å². The maximum absolute atomic E-state index is 13.2. The van der Waals surface area contributed by atoms with Crippen molar-refractivity contribution in [2.45, 2.75) is 315 Å². The molecule has 0 aliphatic heterocycles. The monoisotopic (exact) mass is 900 g/mol. The molecule has 0 aromatic carbocycles. The van der Waals surface area contributed by atoms with Crippen molar-refractivity contribution in [2.24, 2.45) is 0 Å². The van der Waals surface area contributed by atoms with E-state index in [0.717, 1.165) is 70.6 Å². The van der Waals surface area contributed by atoms with Crippen molar-refractivity contribution >= 4 is 11.9 Å². The molecule has 6 nitrogen and oxygen atoms in total. The van der Waals surface area contributed by atoms with Crippen LogP contribution in [0, 0.1) is 0 Å². The second kappa shape index (κ2) is 52.1. The van der Waals surface area contributed by atoms with Gasteiger partial charge in [0.25, 0.3) is 0 Å². The molecule has 0 aromatic rings. The molecule has 0 aromatic heterocycles. The SMILES string of the molecule is CCCCCCC/C=C/C=C/C=C/CCCCCC(CC(=O)NC(CO)C(O)CCCCCCCCCCCC)OC(=O)CCCCCCCCCCCCCCCCCCCCC. The number of allylic oxidation sites excluding steroid dienone is 6. The third-order valence-electron chi connectivity index (χ3n) is 13.0. The lowest BCUT2D eigenvalue weighted by Crippen LogP contribution is -2.46. The van der Waals surface area contributed by atoms with Gasteiger partial charge in [-0.05, 0) is 51.4 Å². The van der Waals surface area contributed by atoms with Crippen LogP contribution in [0.15, 0.2) is 36.5 Å². The van der Waals surface area contributed by atoms with Crippen molar-refractivity contribution < 1.29 is 24.5 Å². The summed E-state index contributed by atoms with van der Waals surface area (Å²) >= 11 is 0. The van der Waals surface area contributed by atoms with Crippen LogP contribution >= 0.6 is 0 Å². The number of esters is 1. The fraction of sp³-hybridized carbons (Fsp3) is 0.862. The number of aliphatic hydroxyl groups excluding tert-OH is 2. The highest BCUT2D eigenvalue weighted by Gasteiger charge is 2.24. The van der Waals surface area contributed by atoms with Gasteiger partial charge in [0, 0.05) is 6.42 Å². The molecule has 0 saturated carbocycles. The van der Waals surface area contributed by atoms with Gasteiger partial charge in [-0.3, -0.25) is 9.59 Å². The first-order valence-corrected chi connectivity index (χ1v) is 28.2. The van der Waals surface area contributed by atoms with Gasteiger partial charge in [-0.2, -0.15) is 0 Å². The normalized spacial score (nSPS) is 13.4. The minimum Gasteiger partial charge on any atom is -0.462 e. The van der Waals surface area contributed by atoms with Crippen molar-refractivity contribution in [2.75, 3.05) is 6.61 Å². The Bertz CT molecular complexity index is 1060. The molecular formula is C58H109NO5. The molecule has 376 valence electrons. The Labute approximate surface area is 398 Å². The molecule has 0 saturated heterocycles. The molecule has 64 heavy (non-hydrogen) atoms. The van der Waals surface area contributed by atoms with Crippen LogP contribution in [0.5, 0.6) is 0 Å². The second-order valence-electron chi connectivity index (χ2n) is 19.4. The lowest BCUT2D eigenvalue weighted by atomic mass is 10.0. The summed E-state index contributed by atoms with van der Waals surface area (Å²) in [4.78, 5) is 26.2. The standard InChI is InChI=1S/C58H109NO5/c1-4-7-10-13-16-19-22-24-26-28-29-30-32-34-36-39-42-45-48-51-58(63)64-54(49-46-43-40-37-35-33-31-27-25-23-20-17-14-11-8-5-2)52-57(62)59-55(53-60)56(61)50-47-44-41-38-21-18-15-12-9-6-3/h23,25,27,31,33,35,54-56,60-61H,4-22,24,26,28-30,32,34,36-53H2,1-3H3,(H,59,62)/b25-23+,31-27+,35-33+. The van der Waals surface area contributed by atoms with E-state index in [9.17, 15) is 19.8 Å². The topological polar surface area (TPSA) is 95.9 Å². The zero-order chi connectivity index (χ0) is 46.7. The maximum Gasteiger partial charge on any atom is 0.306 e. The number of rotatable bonds is 51. The molecule has 0 aliphatic carbocycles. The Balaban J connectivity index is 4.56. The van der Waals surface area contributed by atoms with Gasteiger partial charge in [0.1, 0.15) is 6.10 Å². The van der Waals surface area contributed by atoms with E-state index in [-0.39, 0.29) is 24.9 Å². The number of aliphatic hydroxyl groups is 2. The second-order valence-corrected chi connectivity index (χ2v) is 19.4. The summed E-state index contributed by atoms with van der Waals surface area (Å²) < 4.78 is 5.94. The minimum atomic E-state index is -0.794. The Hall–Kier alpha value is -1.92. The lowest BCUT2D eigenvalue weighted by molar-refractivity contribution is -0.151. The minimum absolute atomic E-state index is 0.0589. The van der Waals surface area contributed by atoms with E-state index >= 15 is 0 Å². The van der Waals surface area contributed by atoms with E-state index in [1.54, 1.807) is 0 Å². The first-order valence-electron chi connectivity index (χ1n) is 28.2. The van der Waals surface area contributed by atoms with Crippen LogP contribution in [0.25, 0.3) is 0 Å². The van der Waals surface area contributed by atoms with Crippen LogP contribution in [0.2, 0.25) is 0 Å². The third kappa shape index (κ3) is 46.6. The highest BCUT2D eigenvalue weighted by atomic mass is 16.5. The van der Waals surface area contributed by atoms with E-state index in [0.29, 0.717) is 19.3 Å². The quantitative estimate of drug-likeness (QED) is 0.0321. The van der Waals surface area contributed by atoms with Crippen molar-refractivity contribution in [3.05, 3.63) is 36.5 Å². The molecule has 3 atom stereocenters. The zero-order valence-electron chi connectivity index (χ0n) is 42.9.